The van der Waals surface area contributed by atoms with E-state index in [9.17, 15) is 0 Å². The number of ether oxygens (including phenoxy) is 5. The van der Waals surface area contributed by atoms with Crippen LogP contribution in [0.2, 0.25) is 0 Å². The molecule has 1 saturated heterocycles. The summed E-state index contributed by atoms with van der Waals surface area (Å²) < 4.78 is 29.1. The Bertz CT molecular complexity index is 1250. The Morgan fingerprint density at radius 3 is 2.50 bits per heavy atom. The molecule has 2 aliphatic heterocycles. The molecule has 200 valence electrons. The summed E-state index contributed by atoms with van der Waals surface area (Å²) in [5.74, 6) is 3.48. The zero-order valence-electron chi connectivity index (χ0n) is 22.5. The average Bonchev–Trinajstić information content (AvgIpc) is 3.48. The van der Waals surface area contributed by atoms with Gasteiger partial charge in [0, 0.05) is 19.1 Å². The minimum Gasteiger partial charge on any atom is -0.493 e. The molecular formula is C32H37NO5. The molecule has 2 atom stereocenters. The highest BCUT2D eigenvalue weighted by Gasteiger charge is 2.22. The van der Waals surface area contributed by atoms with Crippen LogP contribution >= 0.6 is 0 Å². The highest BCUT2D eigenvalue weighted by Crippen LogP contribution is 2.37. The van der Waals surface area contributed by atoms with Crippen molar-refractivity contribution in [2.24, 2.45) is 5.92 Å². The molecule has 0 spiro atoms. The Hall–Kier alpha value is -3.48. The summed E-state index contributed by atoms with van der Waals surface area (Å²) in [5.41, 5.74) is 5.85. The number of benzene rings is 3. The summed E-state index contributed by atoms with van der Waals surface area (Å²) in [6.07, 6.45) is 6.36. The Balaban J connectivity index is 1.34. The summed E-state index contributed by atoms with van der Waals surface area (Å²) in [6, 6.07) is 18.6. The van der Waals surface area contributed by atoms with E-state index in [1.807, 2.05) is 24.3 Å². The number of rotatable bonds is 10. The quantitative estimate of drug-likeness (QED) is 0.363. The minimum absolute atomic E-state index is 0.0670. The minimum atomic E-state index is 0.0670. The van der Waals surface area contributed by atoms with E-state index in [0.29, 0.717) is 19.1 Å². The highest BCUT2D eigenvalue weighted by molar-refractivity contribution is 5.61. The fraction of sp³-hybridized carbons (Fsp3) is 0.375. The normalized spacial score (nSPS) is 18.8. The predicted molar refractivity (Wildman–Crippen MR) is 149 cm³/mol. The number of hydrogen-bond acceptors (Lipinski definition) is 6. The monoisotopic (exact) mass is 515 g/mol. The number of methoxy groups -OCH3 is 2. The van der Waals surface area contributed by atoms with E-state index in [0.717, 1.165) is 72.3 Å². The maximum Gasteiger partial charge on any atom is 0.161 e. The molecule has 6 heteroatoms. The second-order valence-corrected chi connectivity index (χ2v) is 9.92. The second-order valence-electron chi connectivity index (χ2n) is 9.92. The molecule has 5 rings (SSSR count). The Morgan fingerprint density at radius 2 is 1.74 bits per heavy atom. The Labute approximate surface area is 225 Å². The first kappa shape index (κ1) is 26.1. The van der Waals surface area contributed by atoms with Gasteiger partial charge in [-0.2, -0.15) is 0 Å². The smallest absolute Gasteiger partial charge is 0.161 e. The summed E-state index contributed by atoms with van der Waals surface area (Å²) in [7, 11) is 3.38. The first-order valence-corrected chi connectivity index (χ1v) is 13.3. The van der Waals surface area contributed by atoms with Crippen LogP contribution in [-0.4, -0.2) is 40.6 Å². The lowest BCUT2D eigenvalue weighted by atomic mass is 9.92. The van der Waals surface area contributed by atoms with Crippen molar-refractivity contribution in [2.75, 3.05) is 40.6 Å². The molecule has 38 heavy (non-hydrogen) atoms. The molecule has 2 aliphatic rings. The van der Waals surface area contributed by atoms with Gasteiger partial charge < -0.3 is 29.0 Å². The van der Waals surface area contributed by atoms with Gasteiger partial charge in [0.25, 0.3) is 0 Å². The van der Waals surface area contributed by atoms with Crippen molar-refractivity contribution < 1.29 is 23.7 Å². The zero-order chi connectivity index (χ0) is 26.3. The van der Waals surface area contributed by atoms with Crippen LogP contribution in [-0.2, 0) is 17.8 Å². The van der Waals surface area contributed by atoms with Crippen molar-refractivity contribution in [1.29, 1.82) is 0 Å². The number of fused-ring (bicyclic) bond motifs is 1. The van der Waals surface area contributed by atoms with Crippen molar-refractivity contribution in [2.45, 2.75) is 32.4 Å². The number of hydrogen-bond donors (Lipinski definition) is 1. The number of nitrogens with one attached hydrogen (secondary N) is 1. The van der Waals surface area contributed by atoms with Gasteiger partial charge in [-0.3, -0.25) is 0 Å². The standard InChI is InChI=1S/C32H37NO5/c1-22-15-29(34-2)31(38-21-24-12-14-36-19-24)16-25(22)9-10-28-27-18-30(35-3)32(17-26(27)11-13-33-28)37-20-23-7-5-4-6-8-23/h4-10,15-18,24,28,33H,11-14,19-21H2,1-3H3/b10-9+. The SMILES string of the molecule is COc1cc2c(cc1OCc1ccccc1)CCNC2/C=C/c1cc(OCC2CCOC2)c(OC)cc1C. The van der Waals surface area contributed by atoms with Crippen LogP contribution in [0.15, 0.2) is 60.7 Å². The molecule has 0 saturated carbocycles. The maximum absolute atomic E-state index is 6.17. The largest absolute Gasteiger partial charge is 0.493 e. The zero-order valence-corrected chi connectivity index (χ0v) is 22.5. The maximum atomic E-state index is 6.17. The first-order chi connectivity index (χ1) is 18.6. The van der Waals surface area contributed by atoms with Crippen LogP contribution in [0.4, 0.5) is 0 Å². The van der Waals surface area contributed by atoms with Gasteiger partial charge in [0.2, 0.25) is 0 Å². The fourth-order valence-electron chi connectivity index (χ4n) is 5.03. The molecule has 0 bridgehead atoms. The van der Waals surface area contributed by atoms with Crippen molar-refractivity contribution in [3.8, 4) is 23.0 Å². The summed E-state index contributed by atoms with van der Waals surface area (Å²) in [6.45, 7) is 5.70. The predicted octanol–water partition coefficient (Wildman–Crippen LogP) is 5.91. The molecule has 1 fully saturated rings. The van der Waals surface area contributed by atoms with Gasteiger partial charge in [-0.25, -0.2) is 0 Å². The van der Waals surface area contributed by atoms with Crippen LogP contribution in [0, 0.1) is 12.8 Å². The highest BCUT2D eigenvalue weighted by atomic mass is 16.5. The molecule has 0 amide bonds. The molecule has 2 unspecified atom stereocenters. The lowest BCUT2D eigenvalue weighted by Gasteiger charge is -2.26. The average molecular weight is 516 g/mol. The lowest BCUT2D eigenvalue weighted by molar-refractivity contribution is 0.165. The van der Waals surface area contributed by atoms with Crippen molar-refractivity contribution >= 4 is 6.08 Å². The lowest BCUT2D eigenvalue weighted by Crippen LogP contribution is -2.28. The van der Waals surface area contributed by atoms with E-state index >= 15 is 0 Å². The molecule has 6 nitrogen and oxygen atoms in total. The van der Waals surface area contributed by atoms with E-state index < -0.39 is 0 Å². The molecule has 2 heterocycles. The van der Waals surface area contributed by atoms with Crippen LogP contribution in [0.3, 0.4) is 0 Å². The van der Waals surface area contributed by atoms with Gasteiger partial charge in [-0.1, -0.05) is 42.5 Å². The molecule has 3 aromatic carbocycles. The van der Waals surface area contributed by atoms with E-state index in [1.54, 1.807) is 14.2 Å². The van der Waals surface area contributed by atoms with E-state index in [-0.39, 0.29) is 6.04 Å². The molecule has 1 N–H and O–H groups in total. The van der Waals surface area contributed by atoms with Crippen LogP contribution in [0.1, 0.15) is 40.3 Å². The molecule has 0 aromatic heterocycles. The van der Waals surface area contributed by atoms with E-state index in [2.05, 4.69) is 54.7 Å². The third-order valence-electron chi connectivity index (χ3n) is 7.28. The molecule has 0 radical (unpaired) electrons. The molecule has 0 aliphatic carbocycles. The van der Waals surface area contributed by atoms with Gasteiger partial charge in [0.1, 0.15) is 6.61 Å². The van der Waals surface area contributed by atoms with Crippen LogP contribution in [0.5, 0.6) is 23.0 Å². The van der Waals surface area contributed by atoms with Gasteiger partial charge in [-0.15, -0.1) is 0 Å². The van der Waals surface area contributed by atoms with Gasteiger partial charge >= 0.3 is 0 Å². The summed E-state index contributed by atoms with van der Waals surface area (Å²) in [4.78, 5) is 0. The fourth-order valence-corrected chi connectivity index (χ4v) is 5.03. The van der Waals surface area contributed by atoms with Crippen LogP contribution < -0.4 is 24.3 Å². The first-order valence-electron chi connectivity index (χ1n) is 13.3. The number of aryl methyl sites for hydroxylation is 1. The van der Waals surface area contributed by atoms with Crippen molar-refractivity contribution in [3.05, 3.63) is 88.5 Å². The topological polar surface area (TPSA) is 58.2 Å². The summed E-state index contributed by atoms with van der Waals surface area (Å²) in [5, 5.41) is 3.64. The van der Waals surface area contributed by atoms with Crippen LogP contribution in [0.25, 0.3) is 6.08 Å². The third kappa shape index (κ3) is 6.14. The third-order valence-corrected chi connectivity index (χ3v) is 7.28. The van der Waals surface area contributed by atoms with Crippen molar-refractivity contribution in [3.63, 3.8) is 0 Å². The molecule has 3 aromatic rings. The molecular weight excluding hydrogens is 478 g/mol. The summed E-state index contributed by atoms with van der Waals surface area (Å²) >= 11 is 0. The van der Waals surface area contributed by atoms with Gasteiger partial charge in [-0.05, 0) is 71.8 Å². The Kier molecular flexibility index (Phi) is 8.51. The second kappa shape index (κ2) is 12.4. The van der Waals surface area contributed by atoms with Gasteiger partial charge in [0.05, 0.1) is 33.5 Å². The van der Waals surface area contributed by atoms with E-state index in [1.165, 1.54) is 11.1 Å². The van der Waals surface area contributed by atoms with Crippen molar-refractivity contribution in [1.82, 2.24) is 5.32 Å². The van der Waals surface area contributed by atoms with E-state index in [4.69, 9.17) is 23.7 Å². The Morgan fingerprint density at radius 1 is 0.947 bits per heavy atom. The van der Waals surface area contributed by atoms with Gasteiger partial charge in [0.15, 0.2) is 23.0 Å².